The van der Waals surface area contributed by atoms with Crippen LogP contribution in [0.1, 0.15) is 258 Å². The van der Waals surface area contributed by atoms with Gasteiger partial charge in [0.25, 0.3) is 0 Å². The highest BCUT2D eigenvalue weighted by Crippen LogP contribution is 2.23. The Morgan fingerprint density at radius 2 is 0.849 bits per heavy atom. The van der Waals surface area contributed by atoms with Gasteiger partial charge in [-0.1, -0.05) is 266 Å². The molecule has 1 aliphatic rings. The largest absolute Gasteiger partial charge is 0.394 e. The molecule has 422 valence electrons. The van der Waals surface area contributed by atoms with Crippen LogP contribution in [0.3, 0.4) is 0 Å². The number of aliphatic hydroxyl groups excluding tert-OH is 5. The summed E-state index contributed by atoms with van der Waals surface area (Å²) in [7, 11) is 0. The van der Waals surface area contributed by atoms with Gasteiger partial charge in [-0.05, 0) is 70.6 Å². The molecule has 73 heavy (non-hydrogen) atoms. The number of carbonyl (C=O) groups is 1. The van der Waals surface area contributed by atoms with Gasteiger partial charge in [-0.2, -0.15) is 0 Å². The van der Waals surface area contributed by atoms with Gasteiger partial charge in [-0.15, -0.1) is 0 Å². The summed E-state index contributed by atoms with van der Waals surface area (Å²) in [6.45, 7) is 3.72. The van der Waals surface area contributed by atoms with Crippen LogP contribution in [0.2, 0.25) is 0 Å². The van der Waals surface area contributed by atoms with E-state index in [1.165, 1.54) is 148 Å². The Hall–Kier alpha value is -2.63. The molecule has 7 atom stereocenters. The highest BCUT2D eigenvalue weighted by atomic mass is 16.7. The summed E-state index contributed by atoms with van der Waals surface area (Å²) < 4.78 is 11.3. The van der Waals surface area contributed by atoms with Crippen LogP contribution in [-0.2, 0) is 14.3 Å². The van der Waals surface area contributed by atoms with Gasteiger partial charge in [-0.25, -0.2) is 0 Å². The molecule has 0 aromatic rings. The molecule has 9 nitrogen and oxygen atoms in total. The molecule has 1 amide bonds. The second kappa shape index (κ2) is 52.8. The molecule has 1 fully saturated rings. The predicted octanol–water partition coefficient (Wildman–Crippen LogP) is 15.4. The van der Waals surface area contributed by atoms with Crippen LogP contribution in [0.15, 0.2) is 85.1 Å². The number of carbonyl (C=O) groups excluding carboxylic acids is 1. The molecule has 0 aromatic carbocycles. The lowest BCUT2D eigenvalue weighted by Gasteiger charge is -2.40. The number of amides is 1. The normalized spacial score (nSPS) is 19.7. The third-order valence-corrected chi connectivity index (χ3v) is 14.0. The lowest BCUT2D eigenvalue weighted by molar-refractivity contribution is -0.302. The minimum atomic E-state index is -1.56. The second-order valence-electron chi connectivity index (χ2n) is 20.8. The van der Waals surface area contributed by atoms with E-state index in [0.29, 0.717) is 12.8 Å². The van der Waals surface area contributed by atoms with Crippen molar-refractivity contribution in [3.63, 3.8) is 0 Å². The average Bonchev–Trinajstić information content (AvgIpc) is 3.39. The molecule has 0 spiro atoms. The minimum Gasteiger partial charge on any atom is -0.394 e. The Morgan fingerprint density at radius 1 is 0.479 bits per heavy atom. The number of hydrogen-bond acceptors (Lipinski definition) is 8. The first-order valence-electron chi connectivity index (χ1n) is 30.3. The molecular formula is C64H113NO8. The van der Waals surface area contributed by atoms with Crippen molar-refractivity contribution in [1.29, 1.82) is 0 Å². The van der Waals surface area contributed by atoms with Crippen LogP contribution in [0.25, 0.3) is 0 Å². The minimum absolute atomic E-state index is 0.139. The zero-order valence-corrected chi connectivity index (χ0v) is 46.9. The van der Waals surface area contributed by atoms with E-state index in [2.05, 4.69) is 104 Å². The summed E-state index contributed by atoms with van der Waals surface area (Å²) >= 11 is 0. The molecule has 9 heteroatoms. The molecule has 0 bridgehead atoms. The Balaban J connectivity index is 2.10. The number of aliphatic hydroxyl groups is 5. The smallest absolute Gasteiger partial charge is 0.220 e. The third kappa shape index (κ3) is 42.2. The highest BCUT2D eigenvalue weighted by Gasteiger charge is 2.44. The van der Waals surface area contributed by atoms with Gasteiger partial charge in [0, 0.05) is 6.42 Å². The zero-order valence-electron chi connectivity index (χ0n) is 46.9. The number of ether oxygens (including phenoxy) is 2. The molecule has 1 saturated heterocycles. The summed E-state index contributed by atoms with van der Waals surface area (Å²) in [5, 5.41) is 54.6. The van der Waals surface area contributed by atoms with Crippen molar-refractivity contribution in [2.24, 2.45) is 0 Å². The van der Waals surface area contributed by atoms with Gasteiger partial charge in [0.15, 0.2) is 6.29 Å². The zero-order chi connectivity index (χ0) is 52.9. The van der Waals surface area contributed by atoms with Crippen molar-refractivity contribution in [2.45, 2.75) is 301 Å². The first-order valence-corrected chi connectivity index (χ1v) is 30.3. The Bertz CT molecular complexity index is 1420. The highest BCUT2D eigenvalue weighted by molar-refractivity contribution is 5.76. The summed E-state index contributed by atoms with van der Waals surface area (Å²) in [4.78, 5) is 13.1. The first-order chi connectivity index (χ1) is 35.8. The molecule has 7 unspecified atom stereocenters. The Kier molecular flexibility index (Phi) is 49.5. The molecule has 0 aromatic heterocycles. The van der Waals surface area contributed by atoms with Crippen molar-refractivity contribution < 1.29 is 39.8 Å². The van der Waals surface area contributed by atoms with Crippen molar-refractivity contribution in [2.75, 3.05) is 13.2 Å². The first kappa shape index (κ1) is 68.4. The number of hydrogen-bond donors (Lipinski definition) is 6. The molecule has 1 rings (SSSR count). The van der Waals surface area contributed by atoms with Crippen LogP contribution in [-0.4, -0.2) is 87.5 Å². The van der Waals surface area contributed by atoms with E-state index >= 15 is 0 Å². The van der Waals surface area contributed by atoms with E-state index in [1.54, 1.807) is 0 Å². The number of nitrogens with one attached hydrogen (secondary N) is 1. The molecule has 1 heterocycles. The molecular weight excluding hydrogens is 911 g/mol. The van der Waals surface area contributed by atoms with Gasteiger partial charge >= 0.3 is 0 Å². The van der Waals surface area contributed by atoms with Gasteiger partial charge in [0.1, 0.15) is 24.4 Å². The van der Waals surface area contributed by atoms with Crippen LogP contribution < -0.4 is 5.32 Å². The van der Waals surface area contributed by atoms with Crippen LogP contribution in [0, 0.1) is 0 Å². The van der Waals surface area contributed by atoms with Crippen molar-refractivity contribution in [3.8, 4) is 0 Å². The summed E-state index contributed by atoms with van der Waals surface area (Å²) in [6, 6.07) is -0.721. The number of allylic oxidation sites excluding steroid dienone is 14. The van der Waals surface area contributed by atoms with Crippen LogP contribution >= 0.6 is 0 Å². The van der Waals surface area contributed by atoms with Crippen LogP contribution in [0.5, 0.6) is 0 Å². The van der Waals surface area contributed by atoms with E-state index in [9.17, 15) is 30.3 Å². The predicted molar refractivity (Wildman–Crippen MR) is 308 cm³/mol. The van der Waals surface area contributed by atoms with Gasteiger partial charge in [0.05, 0.1) is 25.4 Å². The maximum atomic E-state index is 13.1. The number of unbranched alkanes of at least 4 members (excludes halogenated alkanes) is 27. The monoisotopic (exact) mass is 1020 g/mol. The molecule has 1 aliphatic heterocycles. The summed E-state index contributed by atoms with van der Waals surface area (Å²) in [5.41, 5.74) is 0. The molecule has 6 N–H and O–H groups in total. The third-order valence-electron chi connectivity index (χ3n) is 14.0. The van der Waals surface area contributed by atoms with Gasteiger partial charge < -0.3 is 40.3 Å². The summed E-state index contributed by atoms with van der Waals surface area (Å²) in [6.07, 6.45) is 67.7. The van der Waals surface area contributed by atoms with Crippen molar-refractivity contribution in [3.05, 3.63) is 85.1 Å². The van der Waals surface area contributed by atoms with E-state index in [0.717, 1.165) is 83.5 Å². The lowest BCUT2D eigenvalue weighted by Crippen LogP contribution is -2.60. The Labute approximate surface area is 448 Å². The van der Waals surface area contributed by atoms with E-state index in [1.807, 2.05) is 0 Å². The Morgan fingerprint density at radius 3 is 1.26 bits per heavy atom. The van der Waals surface area contributed by atoms with E-state index in [4.69, 9.17) is 9.47 Å². The van der Waals surface area contributed by atoms with Gasteiger partial charge in [0.2, 0.25) is 5.91 Å². The van der Waals surface area contributed by atoms with Crippen molar-refractivity contribution in [1.82, 2.24) is 5.32 Å². The standard InChI is InChI=1S/C64H113NO8/c1-3-5-7-9-11-13-15-17-18-19-20-21-22-23-24-25-26-27-28-29-30-31-32-33-34-35-36-37-38-39-40-42-44-46-48-50-52-54-60(68)65-57(56-72-64-63(71)62(70)61(69)59(55-66)73-64)58(67)53-51-49-47-45-43-41-16-14-12-10-8-6-4-2/h5,7,11,13,17-18,20-21,23-24,26-27,29-30,57-59,61-64,66-67,69-71H,3-4,6,8-10,12,14-16,19,22,25,28,31-56H2,1-2H3,(H,65,68)/b7-5-,13-11-,18-17-,21-20-,24-23-,27-26-,30-29-. The fraction of sp³-hybridized carbons (Fsp3) is 0.766. The molecule has 0 radical (unpaired) electrons. The second-order valence-corrected chi connectivity index (χ2v) is 20.8. The van der Waals surface area contributed by atoms with Crippen LogP contribution in [0.4, 0.5) is 0 Å². The average molecular weight is 1020 g/mol. The quantitative estimate of drug-likeness (QED) is 0.0261. The summed E-state index contributed by atoms with van der Waals surface area (Å²) in [5.74, 6) is -0.146. The van der Waals surface area contributed by atoms with E-state index < -0.39 is 49.5 Å². The van der Waals surface area contributed by atoms with Gasteiger partial charge in [-0.3, -0.25) is 4.79 Å². The fourth-order valence-corrected chi connectivity index (χ4v) is 9.26. The molecule has 0 aliphatic carbocycles. The fourth-order valence-electron chi connectivity index (χ4n) is 9.26. The maximum Gasteiger partial charge on any atom is 0.220 e. The topological polar surface area (TPSA) is 149 Å². The lowest BCUT2D eigenvalue weighted by atomic mass is 9.99. The maximum absolute atomic E-state index is 13.1. The number of rotatable bonds is 51. The molecule has 0 saturated carbocycles. The SMILES string of the molecule is CC/C=C\C/C=C\C/C=C\C/C=C\C/C=C\C/C=C\C/C=C\CCCCCCCCCCCCCCCCCC(=O)NC(COC1OC(CO)C(O)C(O)C1O)C(O)CCCCCCCCCCCCCCC. The van der Waals surface area contributed by atoms with E-state index in [-0.39, 0.29) is 12.5 Å². The van der Waals surface area contributed by atoms with Crippen molar-refractivity contribution >= 4 is 5.91 Å².